The van der Waals surface area contributed by atoms with Crippen molar-refractivity contribution in [1.82, 2.24) is 9.97 Å². The summed E-state index contributed by atoms with van der Waals surface area (Å²) in [5, 5.41) is 8.39. The van der Waals surface area contributed by atoms with E-state index in [4.69, 9.17) is 14.4 Å². The molecule has 4 heteroatoms. The third-order valence-electron chi connectivity index (χ3n) is 9.61. The van der Waals surface area contributed by atoms with Crippen LogP contribution in [-0.2, 0) is 0 Å². The van der Waals surface area contributed by atoms with Crippen molar-refractivity contribution in [2.24, 2.45) is 0 Å². The van der Waals surface area contributed by atoms with Crippen LogP contribution in [0.4, 0.5) is 0 Å². The van der Waals surface area contributed by atoms with Gasteiger partial charge < -0.3 is 4.42 Å². The van der Waals surface area contributed by atoms with E-state index < -0.39 is 0 Å². The number of rotatable bonds is 2. The fourth-order valence-corrected chi connectivity index (χ4v) is 8.77. The Morgan fingerprint density at radius 1 is 0.500 bits per heavy atom. The van der Waals surface area contributed by atoms with Crippen LogP contribution in [0.5, 0.6) is 0 Å². The van der Waals surface area contributed by atoms with E-state index in [9.17, 15) is 0 Å². The van der Waals surface area contributed by atoms with Crippen LogP contribution in [0.2, 0.25) is 0 Å². The smallest absolute Gasteiger partial charge is 0.161 e. The fraction of sp³-hybridized carbons (Fsp3) is 0. The lowest BCUT2D eigenvalue weighted by molar-refractivity contribution is 0.669. The first-order chi connectivity index (χ1) is 22.8. The van der Waals surface area contributed by atoms with Gasteiger partial charge in [0.05, 0.1) is 15.9 Å². The average molecular weight is 603 g/mol. The monoisotopic (exact) mass is 602 g/mol. The van der Waals surface area contributed by atoms with Crippen molar-refractivity contribution in [3.63, 3.8) is 0 Å². The van der Waals surface area contributed by atoms with Gasteiger partial charge in [0.25, 0.3) is 0 Å². The zero-order chi connectivity index (χ0) is 29.9. The molecule has 0 radical (unpaired) electrons. The molecule has 3 aromatic heterocycles. The van der Waals surface area contributed by atoms with E-state index >= 15 is 0 Å². The molecule has 0 N–H and O–H groups in total. The molecule has 11 rings (SSSR count). The molecule has 0 atom stereocenters. The van der Waals surface area contributed by atoms with Crippen molar-refractivity contribution >= 4 is 75.1 Å². The topological polar surface area (TPSA) is 38.9 Å². The lowest BCUT2D eigenvalue weighted by Gasteiger charge is -2.12. The van der Waals surface area contributed by atoms with Gasteiger partial charge in [0.15, 0.2) is 5.82 Å². The maximum Gasteiger partial charge on any atom is 0.161 e. The molecular formula is C42H22N2OS. The second-order valence-corrected chi connectivity index (χ2v) is 13.1. The summed E-state index contributed by atoms with van der Waals surface area (Å²) in [6.45, 7) is 0. The Morgan fingerprint density at radius 2 is 1.26 bits per heavy atom. The van der Waals surface area contributed by atoms with Gasteiger partial charge in [-0.3, -0.25) is 0 Å². The lowest BCUT2D eigenvalue weighted by atomic mass is 9.97. The molecule has 7 aromatic carbocycles. The SMILES string of the molecule is c1cc(-c2nc(-c3ccc4ccccc4c3)c3sc4ccccc4c3n2)c2c(c1)-c1cc3oc4ccccc4c3c3cccc-2c13. The van der Waals surface area contributed by atoms with E-state index in [1.54, 1.807) is 11.3 Å². The Hall–Kier alpha value is -5.84. The fourth-order valence-electron chi connectivity index (χ4n) is 7.62. The van der Waals surface area contributed by atoms with Gasteiger partial charge in [0.1, 0.15) is 11.2 Å². The third-order valence-corrected chi connectivity index (χ3v) is 10.8. The van der Waals surface area contributed by atoms with Crippen molar-refractivity contribution < 1.29 is 4.42 Å². The molecule has 0 saturated heterocycles. The summed E-state index contributed by atoms with van der Waals surface area (Å²) in [5.74, 6) is 0.745. The average Bonchev–Trinajstić information content (AvgIpc) is 3.78. The Labute approximate surface area is 267 Å². The lowest BCUT2D eigenvalue weighted by Crippen LogP contribution is -1.95. The molecule has 10 aromatic rings. The molecule has 0 fully saturated rings. The zero-order valence-corrected chi connectivity index (χ0v) is 25.2. The third kappa shape index (κ3) is 3.21. The summed E-state index contributed by atoms with van der Waals surface area (Å²) < 4.78 is 8.74. The van der Waals surface area contributed by atoms with Crippen LogP contribution in [-0.4, -0.2) is 9.97 Å². The van der Waals surface area contributed by atoms with Crippen LogP contribution < -0.4 is 0 Å². The van der Waals surface area contributed by atoms with Gasteiger partial charge in [-0.1, -0.05) is 109 Å². The maximum atomic E-state index is 6.41. The van der Waals surface area contributed by atoms with Gasteiger partial charge in [-0.25, -0.2) is 9.97 Å². The molecular weight excluding hydrogens is 581 g/mol. The van der Waals surface area contributed by atoms with E-state index in [2.05, 4.69) is 127 Å². The largest absolute Gasteiger partial charge is 0.456 e. The van der Waals surface area contributed by atoms with Gasteiger partial charge in [-0.2, -0.15) is 0 Å². The number of furan rings is 1. The Kier molecular flexibility index (Phi) is 4.72. The molecule has 1 aliphatic rings. The molecule has 46 heavy (non-hydrogen) atoms. The highest BCUT2D eigenvalue weighted by Gasteiger charge is 2.28. The van der Waals surface area contributed by atoms with E-state index in [1.807, 2.05) is 6.07 Å². The Balaban J connectivity index is 1.22. The summed E-state index contributed by atoms with van der Waals surface area (Å²) in [6.07, 6.45) is 0. The van der Waals surface area contributed by atoms with Crippen LogP contribution in [0.15, 0.2) is 138 Å². The minimum Gasteiger partial charge on any atom is -0.456 e. The first kappa shape index (κ1) is 24.5. The molecule has 0 saturated carbocycles. The quantitative estimate of drug-likeness (QED) is 0.198. The van der Waals surface area contributed by atoms with Crippen LogP contribution in [0, 0.1) is 0 Å². The van der Waals surface area contributed by atoms with Crippen LogP contribution in [0.3, 0.4) is 0 Å². The number of nitrogens with zero attached hydrogens (tertiary/aromatic N) is 2. The molecule has 0 bridgehead atoms. The van der Waals surface area contributed by atoms with E-state index in [0.717, 1.165) is 49.4 Å². The second kappa shape index (κ2) is 8.87. The highest BCUT2D eigenvalue weighted by Crippen LogP contribution is 2.53. The van der Waals surface area contributed by atoms with Gasteiger partial charge in [-0.05, 0) is 62.5 Å². The van der Waals surface area contributed by atoms with Crippen molar-refractivity contribution in [2.75, 3.05) is 0 Å². The zero-order valence-electron chi connectivity index (χ0n) is 24.4. The number of benzene rings is 7. The normalized spacial score (nSPS) is 12.3. The summed E-state index contributed by atoms with van der Waals surface area (Å²) in [6, 6.07) is 47.5. The predicted octanol–water partition coefficient (Wildman–Crippen LogP) is 12.0. The number of aromatic nitrogens is 2. The molecule has 0 amide bonds. The van der Waals surface area contributed by atoms with E-state index in [-0.39, 0.29) is 0 Å². The number of hydrogen-bond acceptors (Lipinski definition) is 4. The van der Waals surface area contributed by atoms with Crippen molar-refractivity contribution in [2.45, 2.75) is 0 Å². The van der Waals surface area contributed by atoms with Gasteiger partial charge in [0.2, 0.25) is 0 Å². The standard InChI is InChI=1S/C42H22N2OS/c1-2-10-24-21-25(20-19-23(24)9-1)39-41-40(28-12-4-6-18-35(28)46-41)44-42(43-39)31-16-7-13-26-32-22-34-38(27-11-3-5-17-33(27)45-34)30-15-8-14-29(36(26)31)37(30)32/h1-22H. The van der Waals surface area contributed by atoms with Gasteiger partial charge >= 0.3 is 0 Å². The summed E-state index contributed by atoms with van der Waals surface area (Å²) >= 11 is 1.77. The number of thiophene rings is 1. The van der Waals surface area contributed by atoms with Gasteiger partial charge in [-0.15, -0.1) is 11.3 Å². The summed E-state index contributed by atoms with van der Waals surface area (Å²) in [5.41, 5.74) is 10.8. The van der Waals surface area contributed by atoms with Crippen LogP contribution in [0.1, 0.15) is 0 Å². The predicted molar refractivity (Wildman–Crippen MR) is 193 cm³/mol. The molecule has 3 heterocycles. The molecule has 212 valence electrons. The van der Waals surface area contributed by atoms with Crippen molar-refractivity contribution in [3.05, 3.63) is 133 Å². The highest BCUT2D eigenvalue weighted by atomic mass is 32.1. The molecule has 0 unspecified atom stereocenters. The molecule has 0 aliphatic heterocycles. The summed E-state index contributed by atoms with van der Waals surface area (Å²) in [7, 11) is 0. The second-order valence-electron chi connectivity index (χ2n) is 12.1. The molecule has 0 spiro atoms. The van der Waals surface area contributed by atoms with E-state index in [1.165, 1.54) is 59.3 Å². The van der Waals surface area contributed by atoms with Crippen molar-refractivity contribution in [1.29, 1.82) is 0 Å². The molecule has 3 nitrogen and oxygen atoms in total. The van der Waals surface area contributed by atoms with Gasteiger partial charge in [0, 0.05) is 37.5 Å². The Bertz CT molecular complexity index is 2930. The maximum absolute atomic E-state index is 6.41. The first-order valence-corrected chi connectivity index (χ1v) is 16.3. The Morgan fingerprint density at radius 3 is 2.22 bits per heavy atom. The van der Waals surface area contributed by atoms with Crippen molar-refractivity contribution in [3.8, 4) is 44.9 Å². The van der Waals surface area contributed by atoms with E-state index in [0.29, 0.717) is 0 Å². The minimum atomic E-state index is 0.745. The van der Waals surface area contributed by atoms with Crippen LogP contribution in [0.25, 0.3) is 109 Å². The first-order valence-electron chi connectivity index (χ1n) is 15.5. The minimum absolute atomic E-state index is 0.745. The highest BCUT2D eigenvalue weighted by molar-refractivity contribution is 7.26. The number of hydrogen-bond donors (Lipinski definition) is 0. The summed E-state index contributed by atoms with van der Waals surface area (Å²) in [4.78, 5) is 10.8. The molecule has 1 aliphatic carbocycles. The number of para-hydroxylation sites is 1. The van der Waals surface area contributed by atoms with Crippen LogP contribution >= 0.6 is 11.3 Å². The number of fused-ring (bicyclic) bond motifs is 11.